The summed E-state index contributed by atoms with van der Waals surface area (Å²) in [5.41, 5.74) is 2.98. The number of aliphatic carboxylic acids is 1. The molecule has 0 bridgehead atoms. The minimum absolute atomic E-state index is 0.290. The second-order valence-corrected chi connectivity index (χ2v) is 9.07. The number of rotatable bonds is 6. The van der Waals surface area contributed by atoms with Gasteiger partial charge in [-0.2, -0.15) is 0 Å². The van der Waals surface area contributed by atoms with E-state index >= 15 is 0 Å². The van der Waals surface area contributed by atoms with Crippen molar-refractivity contribution in [3.63, 3.8) is 0 Å². The van der Waals surface area contributed by atoms with Crippen molar-refractivity contribution in [3.8, 4) is 11.4 Å². The highest BCUT2D eigenvalue weighted by molar-refractivity contribution is 5.79. The molecule has 1 aromatic carbocycles. The lowest BCUT2D eigenvalue weighted by atomic mass is 9.85. The summed E-state index contributed by atoms with van der Waals surface area (Å²) in [5, 5.41) is 8.97. The molecule has 2 aromatic heterocycles. The molecule has 1 aliphatic heterocycles. The van der Waals surface area contributed by atoms with Gasteiger partial charge in [0, 0.05) is 31.3 Å². The molecule has 1 saturated heterocycles. The van der Waals surface area contributed by atoms with E-state index in [0.717, 1.165) is 79.9 Å². The van der Waals surface area contributed by atoms with Crippen LogP contribution in [-0.2, 0) is 9.53 Å². The van der Waals surface area contributed by atoms with Crippen LogP contribution in [0, 0.1) is 5.92 Å². The lowest BCUT2D eigenvalue weighted by Gasteiger charge is -2.36. The van der Waals surface area contributed by atoms with Crippen molar-refractivity contribution in [3.05, 3.63) is 42.6 Å². The van der Waals surface area contributed by atoms with Gasteiger partial charge in [-0.25, -0.2) is 9.97 Å². The number of ether oxygens (including phenoxy) is 1. The van der Waals surface area contributed by atoms with Crippen molar-refractivity contribution < 1.29 is 14.6 Å². The van der Waals surface area contributed by atoms with E-state index in [1.54, 1.807) is 0 Å². The first-order chi connectivity index (χ1) is 15.6. The molecule has 2 aliphatic rings. The zero-order valence-electron chi connectivity index (χ0n) is 18.2. The van der Waals surface area contributed by atoms with E-state index in [1.807, 2.05) is 30.5 Å². The van der Waals surface area contributed by atoms with E-state index in [9.17, 15) is 4.79 Å². The van der Waals surface area contributed by atoms with Gasteiger partial charge in [0.05, 0.1) is 23.2 Å². The number of para-hydroxylation sites is 2. The molecule has 3 aromatic rings. The van der Waals surface area contributed by atoms with Crippen LogP contribution in [0.2, 0.25) is 0 Å². The number of nitrogens with one attached hydrogen (secondary N) is 1. The third kappa shape index (κ3) is 4.78. The van der Waals surface area contributed by atoms with Crippen molar-refractivity contribution in [2.24, 2.45) is 5.92 Å². The average molecular weight is 435 g/mol. The number of fused-ring (bicyclic) bond motifs is 1. The molecule has 7 heteroatoms. The number of anilines is 1. The molecule has 1 saturated carbocycles. The van der Waals surface area contributed by atoms with Crippen LogP contribution in [0.1, 0.15) is 44.9 Å². The molecule has 0 atom stereocenters. The first kappa shape index (κ1) is 20.9. The van der Waals surface area contributed by atoms with E-state index in [0.29, 0.717) is 18.4 Å². The van der Waals surface area contributed by atoms with Gasteiger partial charge in [0.2, 0.25) is 0 Å². The molecule has 0 unspecified atom stereocenters. The molecule has 1 aliphatic carbocycles. The zero-order valence-corrected chi connectivity index (χ0v) is 18.2. The summed E-state index contributed by atoms with van der Waals surface area (Å²) in [7, 11) is 0. The number of hydrogen-bond acceptors (Lipinski definition) is 5. The molecule has 32 heavy (non-hydrogen) atoms. The molecule has 0 radical (unpaired) electrons. The Bertz CT molecular complexity index is 1020. The summed E-state index contributed by atoms with van der Waals surface area (Å²) in [6.45, 7) is 1.88. The molecular formula is C25H30N4O3. The van der Waals surface area contributed by atoms with Crippen molar-refractivity contribution in [2.45, 2.75) is 57.2 Å². The number of benzene rings is 1. The molecule has 5 rings (SSSR count). The number of pyridine rings is 1. The maximum atomic E-state index is 10.9. The molecule has 2 N–H and O–H groups in total. The largest absolute Gasteiger partial charge is 0.481 e. The Morgan fingerprint density at radius 3 is 2.47 bits per heavy atom. The quantitative estimate of drug-likeness (QED) is 0.587. The second-order valence-electron chi connectivity index (χ2n) is 9.07. The molecule has 168 valence electrons. The molecule has 3 heterocycles. The van der Waals surface area contributed by atoms with E-state index in [2.05, 4.69) is 27.0 Å². The lowest BCUT2D eigenvalue weighted by molar-refractivity contribution is -0.138. The highest BCUT2D eigenvalue weighted by Crippen LogP contribution is 2.31. The van der Waals surface area contributed by atoms with Crippen molar-refractivity contribution in [1.29, 1.82) is 0 Å². The van der Waals surface area contributed by atoms with Crippen molar-refractivity contribution in [1.82, 2.24) is 15.0 Å². The summed E-state index contributed by atoms with van der Waals surface area (Å²) in [6.07, 6.45) is 8.70. The summed E-state index contributed by atoms with van der Waals surface area (Å²) < 4.78 is 6.37. The van der Waals surface area contributed by atoms with Crippen LogP contribution in [0.25, 0.3) is 22.4 Å². The predicted octanol–water partition coefficient (Wildman–Crippen LogP) is 4.64. The van der Waals surface area contributed by atoms with Crippen LogP contribution >= 0.6 is 0 Å². The van der Waals surface area contributed by atoms with Gasteiger partial charge in [-0.15, -0.1) is 0 Å². The third-order valence-corrected chi connectivity index (χ3v) is 6.82. The maximum Gasteiger partial charge on any atom is 0.303 e. The number of H-pyrrole nitrogens is 1. The monoisotopic (exact) mass is 434 g/mol. The van der Waals surface area contributed by atoms with Crippen LogP contribution in [0.4, 0.5) is 5.82 Å². The Balaban J connectivity index is 1.12. The molecule has 0 amide bonds. The van der Waals surface area contributed by atoms with Gasteiger partial charge in [-0.3, -0.25) is 4.79 Å². The van der Waals surface area contributed by atoms with Gasteiger partial charge in [-0.05, 0) is 68.7 Å². The summed E-state index contributed by atoms with van der Waals surface area (Å²) in [6, 6.07) is 12.2. The van der Waals surface area contributed by atoms with E-state index in [4.69, 9.17) is 14.8 Å². The fourth-order valence-corrected chi connectivity index (χ4v) is 5.01. The highest BCUT2D eigenvalue weighted by atomic mass is 16.5. The van der Waals surface area contributed by atoms with Gasteiger partial charge in [-0.1, -0.05) is 12.1 Å². The second kappa shape index (κ2) is 9.28. The fourth-order valence-electron chi connectivity index (χ4n) is 5.01. The maximum absolute atomic E-state index is 10.9. The average Bonchev–Trinajstić information content (AvgIpc) is 3.25. The van der Waals surface area contributed by atoms with Crippen LogP contribution in [0.3, 0.4) is 0 Å². The summed E-state index contributed by atoms with van der Waals surface area (Å²) >= 11 is 0. The molecule has 7 nitrogen and oxygen atoms in total. The van der Waals surface area contributed by atoms with Gasteiger partial charge < -0.3 is 19.7 Å². The minimum Gasteiger partial charge on any atom is -0.481 e. The minimum atomic E-state index is -0.680. The fraction of sp³-hybridized carbons (Fsp3) is 0.480. The Morgan fingerprint density at radius 1 is 1.03 bits per heavy atom. The number of piperidine rings is 1. The zero-order chi connectivity index (χ0) is 21.9. The molecule has 0 spiro atoms. The molecule has 2 fully saturated rings. The van der Waals surface area contributed by atoms with Gasteiger partial charge in [0.25, 0.3) is 0 Å². The SMILES string of the molecule is O=C(O)CC1CCC(OC2CCN(c3ccc(-c4nc5ccccc5[nH]4)cn3)CC2)CC1. The van der Waals surface area contributed by atoms with Gasteiger partial charge in [0.15, 0.2) is 0 Å². The first-order valence-corrected chi connectivity index (χ1v) is 11.7. The van der Waals surface area contributed by atoms with Crippen molar-refractivity contribution >= 4 is 22.8 Å². The van der Waals surface area contributed by atoms with Gasteiger partial charge >= 0.3 is 5.97 Å². The predicted molar refractivity (Wildman–Crippen MR) is 124 cm³/mol. The number of nitrogens with zero attached hydrogens (tertiary/aromatic N) is 3. The highest BCUT2D eigenvalue weighted by Gasteiger charge is 2.27. The number of imidazole rings is 1. The number of carboxylic acids is 1. The number of carbonyl (C=O) groups is 1. The standard InChI is InChI=1S/C25H30N4O3/c30-24(31)15-17-5-8-19(9-6-17)32-20-11-13-29(14-12-20)23-10-7-18(16-26-23)25-27-21-3-1-2-4-22(21)28-25/h1-4,7,10,16-17,19-20H,5-6,8-9,11-15H2,(H,27,28)(H,30,31). The van der Waals surface area contributed by atoms with E-state index in [-0.39, 0.29) is 6.10 Å². The Morgan fingerprint density at radius 2 is 1.78 bits per heavy atom. The topological polar surface area (TPSA) is 91.3 Å². The van der Waals surface area contributed by atoms with Crippen LogP contribution in [0.15, 0.2) is 42.6 Å². The number of aromatic nitrogens is 3. The van der Waals surface area contributed by atoms with Crippen LogP contribution < -0.4 is 4.90 Å². The first-order valence-electron chi connectivity index (χ1n) is 11.7. The Labute approximate surface area is 187 Å². The van der Waals surface area contributed by atoms with Crippen LogP contribution in [0.5, 0.6) is 0 Å². The van der Waals surface area contributed by atoms with Crippen LogP contribution in [-0.4, -0.2) is 51.3 Å². The Kier molecular flexibility index (Phi) is 6.08. The third-order valence-electron chi connectivity index (χ3n) is 6.82. The van der Waals surface area contributed by atoms with E-state index in [1.165, 1.54) is 0 Å². The Hall–Kier alpha value is -2.93. The number of aromatic amines is 1. The summed E-state index contributed by atoms with van der Waals surface area (Å²) in [4.78, 5) is 25.9. The normalized spacial score (nSPS) is 22.3. The molecular weight excluding hydrogens is 404 g/mol. The lowest BCUT2D eigenvalue weighted by Crippen LogP contribution is -2.39. The van der Waals surface area contributed by atoms with E-state index < -0.39 is 5.97 Å². The van der Waals surface area contributed by atoms with Crippen molar-refractivity contribution in [2.75, 3.05) is 18.0 Å². The summed E-state index contributed by atoms with van der Waals surface area (Å²) in [5.74, 6) is 1.48. The smallest absolute Gasteiger partial charge is 0.303 e. The van der Waals surface area contributed by atoms with Gasteiger partial charge in [0.1, 0.15) is 11.6 Å². The number of hydrogen-bond donors (Lipinski definition) is 2. The number of carboxylic acid groups (broad SMARTS) is 1.